The van der Waals surface area contributed by atoms with E-state index in [1.54, 1.807) is 7.11 Å². The molecule has 2 nitrogen and oxygen atoms in total. The third-order valence-electron chi connectivity index (χ3n) is 2.56. The molecule has 1 N–H and O–H groups in total. The van der Waals surface area contributed by atoms with E-state index in [4.69, 9.17) is 4.74 Å². The van der Waals surface area contributed by atoms with Crippen molar-refractivity contribution in [2.75, 3.05) is 7.11 Å². The van der Waals surface area contributed by atoms with Crippen LogP contribution in [-0.2, 0) is 6.54 Å². The summed E-state index contributed by atoms with van der Waals surface area (Å²) >= 11 is 0. The molecule has 0 amide bonds. The van der Waals surface area contributed by atoms with Gasteiger partial charge in [0.05, 0.1) is 7.11 Å². The van der Waals surface area contributed by atoms with E-state index in [9.17, 15) is 0 Å². The second-order valence-corrected chi connectivity index (χ2v) is 3.88. The molecule has 2 heteroatoms. The van der Waals surface area contributed by atoms with Crippen LogP contribution in [0.1, 0.15) is 32.3 Å². The molecule has 0 bridgehead atoms. The Morgan fingerprint density at radius 1 is 1.33 bits per heavy atom. The summed E-state index contributed by atoms with van der Waals surface area (Å²) in [7, 11) is 1.72. The molecule has 0 aliphatic carbocycles. The fourth-order valence-corrected chi connectivity index (χ4v) is 1.67. The minimum Gasteiger partial charge on any atom is -0.496 e. The van der Waals surface area contributed by atoms with Gasteiger partial charge in [0.25, 0.3) is 0 Å². The number of hydrogen-bond acceptors (Lipinski definition) is 2. The van der Waals surface area contributed by atoms with Gasteiger partial charge < -0.3 is 10.1 Å². The van der Waals surface area contributed by atoms with Gasteiger partial charge in [0.2, 0.25) is 0 Å². The van der Waals surface area contributed by atoms with Gasteiger partial charge in [-0.15, -0.1) is 0 Å². The van der Waals surface area contributed by atoms with Crippen molar-refractivity contribution in [2.24, 2.45) is 0 Å². The summed E-state index contributed by atoms with van der Waals surface area (Å²) in [5.74, 6) is 0.966. The third kappa shape index (κ3) is 3.92. The summed E-state index contributed by atoms with van der Waals surface area (Å²) in [5.41, 5.74) is 1.22. The van der Waals surface area contributed by atoms with Crippen LogP contribution in [0.15, 0.2) is 24.3 Å². The summed E-state index contributed by atoms with van der Waals surface area (Å²) < 4.78 is 5.30. The molecule has 1 rings (SSSR count). The van der Waals surface area contributed by atoms with Crippen molar-refractivity contribution < 1.29 is 4.74 Å². The number of para-hydroxylation sites is 1. The van der Waals surface area contributed by atoms with Gasteiger partial charge >= 0.3 is 0 Å². The topological polar surface area (TPSA) is 21.3 Å². The maximum atomic E-state index is 5.30. The van der Waals surface area contributed by atoms with Crippen molar-refractivity contribution >= 4 is 0 Å². The van der Waals surface area contributed by atoms with E-state index in [0.29, 0.717) is 6.04 Å². The van der Waals surface area contributed by atoms with Crippen LogP contribution >= 0.6 is 0 Å². The first-order chi connectivity index (χ1) is 7.27. The molecule has 0 spiro atoms. The minimum absolute atomic E-state index is 0.569. The van der Waals surface area contributed by atoms with E-state index in [0.717, 1.165) is 12.3 Å². The van der Waals surface area contributed by atoms with Gasteiger partial charge in [-0.1, -0.05) is 31.5 Å². The van der Waals surface area contributed by atoms with E-state index in [-0.39, 0.29) is 0 Å². The van der Waals surface area contributed by atoms with Crippen molar-refractivity contribution in [1.82, 2.24) is 5.32 Å². The summed E-state index contributed by atoms with van der Waals surface area (Å²) in [6, 6.07) is 8.72. The third-order valence-corrected chi connectivity index (χ3v) is 2.56. The monoisotopic (exact) mass is 207 g/mol. The molecule has 0 heterocycles. The largest absolute Gasteiger partial charge is 0.496 e. The lowest BCUT2D eigenvalue weighted by Crippen LogP contribution is -2.25. The second kappa shape index (κ2) is 6.46. The van der Waals surface area contributed by atoms with Gasteiger partial charge in [0.1, 0.15) is 5.75 Å². The van der Waals surface area contributed by atoms with Gasteiger partial charge in [0, 0.05) is 18.2 Å². The fraction of sp³-hybridized carbons (Fsp3) is 0.538. The standard InChI is InChI=1S/C13H21NO/c1-4-7-11(2)14-10-12-8-5-6-9-13(12)15-3/h5-6,8-9,11,14H,4,7,10H2,1-3H3/t11-/m0/s1. The number of nitrogens with one attached hydrogen (secondary N) is 1. The van der Waals surface area contributed by atoms with Gasteiger partial charge in [-0.05, 0) is 19.4 Å². The van der Waals surface area contributed by atoms with Gasteiger partial charge in [-0.2, -0.15) is 0 Å². The van der Waals surface area contributed by atoms with Crippen LogP contribution in [0.4, 0.5) is 0 Å². The molecule has 1 atom stereocenters. The molecule has 0 fully saturated rings. The lowest BCUT2D eigenvalue weighted by atomic mass is 10.1. The highest BCUT2D eigenvalue weighted by atomic mass is 16.5. The van der Waals surface area contributed by atoms with Gasteiger partial charge in [-0.3, -0.25) is 0 Å². The van der Waals surface area contributed by atoms with E-state index < -0.39 is 0 Å². The molecule has 15 heavy (non-hydrogen) atoms. The first-order valence-electron chi connectivity index (χ1n) is 5.63. The molecule has 0 saturated heterocycles. The average Bonchev–Trinajstić information content (AvgIpc) is 2.27. The lowest BCUT2D eigenvalue weighted by Gasteiger charge is -2.14. The van der Waals surface area contributed by atoms with Crippen molar-refractivity contribution in [3.05, 3.63) is 29.8 Å². The summed E-state index contributed by atoms with van der Waals surface area (Å²) in [6.45, 7) is 5.31. The molecule has 1 aromatic carbocycles. The Labute approximate surface area is 92.6 Å². The van der Waals surface area contributed by atoms with E-state index in [2.05, 4.69) is 25.2 Å². The Hall–Kier alpha value is -1.02. The van der Waals surface area contributed by atoms with Gasteiger partial charge in [-0.25, -0.2) is 0 Å². The van der Waals surface area contributed by atoms with Gasteiger partial charge in [0.15, 0.2) is 0 Å². The van der Waals surface area contributed by atoms with Crippen LogP contribution in [-0.4, -0.2) is 13.2 Å². The lowest BCUT2D eigenvalue weighted by molar-refractivity contribution is 0.404. The number of hydrogen-bond donors (Lipinski definition) is 1. The van der Waals surface area contributed by atoms with Crippen LogP contribution < -0.4 is 10.1 Å². The number of ether oxygens (including phenoxy) is 1. The Morgan fingerprint density at radius 2 is 2.07 bits per heavy atom. The zero-order valence-electron chi connectivity index (χ0n) is 9.92. The van der Waals surface area contributed by atoms with Crippen molar-refractivity contribution in [3.63, 3.8) is 0 Å². The molecule has 0 aromatic heterocycles. The van der Waals surface area contributed by atoms with Crippen LogP contribution in [0, 0.1) is 0 Å². The predicted molar refractivity (Wildman–Crippen MR) is 64.2 cm³/mol. The first kappa shape index (κ1) is 12.1. The van der Waals surface area contributed by atoms with E-state index >= 15 is 0 Å². The molecule has 0 radical (unpaired) electrons. The summed E-state index contributed by atoms with van der Waals surface area (Å²) in [4.78, 5) is 0. The summed E-state index contributed by atoms with van der Waals surface area (Å²) in [6.07, 6.45) is 2.44. The number of rotatable bonds is 6. The van der Waals surface area contributed by atoms with Crippen LogP contribution in [0.3, 0.4) is 0 Å². The Bertz CT molecular complexity index is 286. The quantitative estimate of drug-likeness (QED) is 0.774. The molecule has 84 valence electrons. The van der Waals surface area contributed by atoms with E-state index in [1.165, 1.54) is 18.4 Å². The molecule has 0 unspecified atom stereocenters. The minimum atomic E-state index is 0.569. The Morgan fingerprint density at radius 3 is 2.73 bits per heavy atom. The molecule has 0 saturated carbocycles. The van der Waals surface area contributed by atoms with E-state index in [1.807, 2.05) is 18.2 Å². The van der Waals surface area contributed by atoms with Crippen molar-refractivity contribution in [1.29, 1.82) is 0 Å². The first-order valence-corrected chi connectivity index (χ1v) is 5.63. The van der Waals surface area contributed by atoms with Crippen LogP contribution in [0.2, 0.25) is 0 Å². The van der Waals surface area contributed by atoms with Crippen LogP contribution in [0.5, 0.6) is 5.75 Å². The second-order valence-electron chi connectivity index (χ2n) is 3.88. The zero-order valence-corrected chi connectivity index (χ0v) is 9.92. The molecular weight excluding hydrogens is 186 g/mol. The Kier molecular flexibility index (Phi) is 5.19. The number of benzene rings is 1. The highest BCUT2D eigenvalue weighted by Crippen LogP contribution is 2.16. The highest BCUT2D eigenvalue weighted by Gasteiger charge is 2.03. The zero-order chi connectivity index (χ0) is 11.1. The molecular formula is C13H21NO. The fourth-order valence-electron chi connectivity index (χ4n) is 1.67. The molecule has 0 aliphatic rings. The smallest absolute Gasteiger partial charge is 0.123 e. The summed E-state index contributed by atoms with van der Waals surface area (Å²) in [5, 5.41) is 3.49. The molecule has 0 aliphatic heterocycles. The SMILES string of the molecule is CCC[C@H](C)NCc1ccccc1OC. The van der Waals surface area contributed by atoms with Crippen molar-refractivity contribution in [3.8, 4) is 5.75 Å². The maximum absolute atomic E-state index is 5.30. The average molecular weight is 207 g/mol. The van der Waals surface area contributed by atoms with Crippen LogP contribution in [0.25, 0.3) is 0 Å². The predicted octanol–water partition coefficient (Wildman–Crippen LogP) is 2.97. The Balaban J connectivity index is 2.49. The molecule has 1 aromatic rings. The highest BCUT2D eigenvalue weighted by molar-refractivity contribution is 5.32. The number of methoxy groups -OCH3 is 1. The van der Waals surface area contributed by atoms with Crippen molar-refractivity contribution in [2.45, 2.75) is 39.3 Å². The maximum Gasteiger partial charge on any atom is 0.123 e. The normalized spacial score (nSPS) is 12.5.